The van der Waals surface area contributed by atoms with Crippen LogP contribution in [0, 0.1) is 0 Å². The number of allylic oxidation sites excluding steroid dienone is 10. The van der Waals surface area contributed by atoms with E-state index in [9.17, 15) is 9.59 Å². The van der Waals surface area contributed by atoms with Gasteiger partial charge in [0.1, 0.15) is 5.69 Å². The van der Waals surface area contributed by atoms with Crippen LogP contribution >= 0.6 is 0 Å². The first kappa shape index (κ1) is 29.9. The maximum Gasteiger partial charge on any atom is 0.271 e. The first-order valence-electron chi connectivity index (χ1n) is 12.9. The van der Waals surface area contributed by atoms with Gasteiger partial charge in [0.05, 0.1) is 0 Å². The van der Waals surface area contributed by atoms with Gasteiger partial charge in [0.2, 0.25) is 5.91 Å². The van der Waals surface area contributed by atoms with Crippen LogP contribution in [0.15, 0.2) is 73.0 Å². The molecule has 0 unspecified atom stereocenters. The highest BCUT2D eigenvalue weighted by Crippen LogP contribution is 2.04. The number of hydrogen-bond donors (Lipinski definition) is 2. The van der Waals surface area contributed by atoms with Crippen LogP contribution in [0.3, 0.4) is 0 Å². The predicted molar refractivity (Wildman–Crippen MR) is 146 cm³/mol. The second-order valence-electron chi connectivity index (χ2n) is 8.48. The average molecular weight is 481 g/mol. The molecule has 6 nitrogen and oxygen atoms in total. The summed E-state index contributed by atoms with van der Waals surface area (Å²) in [5.74, 6) is -0.215. The number of carbonyl (C=O) groups is 2. The van der Waals surface area contributed by atoms with Crippen molar-refractivity contribution in [1.82, 2.24) is 20.4 Å². The molecule has 1 heterocycles. The van der Waals surface area contributed by atoms with Crippen LogP contribution < -0.4 is 10.6 Å². The Balaban J connectivity index is 1.99. The van der Waals surface area contributed by atoms with Crippen molar-refractivity contribution in [3.05, 3.63) is 78.7 Å². The van der Waals surface area contributed by atoms with Crippen molar-refractivity contribution >= 4 is 11.8 Å². The topological polar surface area (TPSA) is 76.0 Å². The first-order valence-corrected chi connectivity index (χ1v) is 12.9. The third-order valence-corrected chi connectivity index (χ3v) is 5.04. The first-order chi connectivity index (χ1) is 17.0. The molecule has 1 aromatic heterocycles. The highest BCUT2D eigenvalue weighted by Gasteiger charge is 2.10. The van der Waals surface area contributed by atoms with E-state index in [1.54, 1.807) is 16.9 Å². The molecule has 0 aliphatic carbocycles. The Morgan fingerprint density at radius 3 is 1.94 bits per heavy atom. The summed E-state index contributed by atoms with van der Waals surface area (Å²) >= 11 is 0. The quantitative estimate of drug-likeness (QED) is 0.193. The fourth-order valence-corrected chi connectivity index (χ4v) is 3.05. The summed E-state index contributed by atoms with van der Waals surface area (Å²) in [5, 5.41) is 9.85. The van der Waals surface area contributed by atoms with Gasteiger partial charge < -0.3 is 10.6 Å². The summed E-state index contributed by atoms with van der Waals surface area (Å²) in [6.45, 7) is 6.95. The van der Waals surface area contributed by atoms with Crippen molar-refractivity contribution in [1.29, 1.82) is 0 Å². The number of amides is 2. The number of nitrogens with one attached hydrogen (secondary N) is 2. The second kappa shape index (κ2) is 20.2. The van der Waals surface area contributed by atoms with Gasteiger partial charge in [-0.05, 0) is 64.9 Å². The van der Waals surface area contributed by atoms with E-state index in [0.29, 0.717) is 25.2 Å². The van der Waals surface area contributed by atoms with E-state index >= 15 is 0 Å². The molecule has 0 radical (unpaired) electrons. The van der Waals surface area contributed by atoms with Crippen molar-refractivity contribution in [2.75, 3.05) is 13.1 Å². The summed E-state index contributed by atoms with van der Waals surface area (Å²) in [5.41, 5.74) is 0.391. The number of hydrogen-bond acceptors (Lipinski definition) is 3. The van der Waals surface area contributed by atoms with E-state index in [1.807, 2.05) is 13.8 Å². The summed E-state index contributed by atoms with van der Waals surface area (Å²) in [6.07, 6.45) is 30.7. The van der Waals surface area contributed by atoms with Crippen molar-refractivity contribution in [3.63, 3.8) is 0 Å². The van der Waals surface area contributed by atoms with E-state index in [0.717, 1.165) is 44.9 Å². The third-order valence-electron chi connectivity index (χ3n) is 5.04. The molecule has 0 saturated carbocycles. The zero-order valence-corrected chi connectivity index (χ0v) is 21.8. The van der Waals surface area contributed by atoms with Gasteiger partial charge in [0.25, 0.3) is 5.91 Å². The molecule has 2 N–H and O–H groups in total. The largest absolute Gasteiger partial charge is 0.354 e. The van der Waals surface area contributed by atoms with Gasteiger partial charge in [-0.25, -0.2) is 0 Å². The van der Waals surface area contributed by atoms with Crippen LogP contribution in [0.2, 0.25) is 0 Å². The Hall–Kier alpha value is -3.15. The monoisotopic (exact) mass is 480 g/mol. The molecule has 0 bridgehead atoms. The minimum atomic E-state index is -0.225. The Morgan fingerprint density at radius 1 is 0.857 bits per heavy atom. The van der Waals surface area contributed by atoms with Crippen LogP contribution in [-0.2, 0) is 4.79 Å². The molecular formula is C29H44N4O2. The Kier molecular flexibility index (Phi) is 17.3. The maximum atomic E-state index is 12.1. The minimum absolute atomic E-state index is 0.00990. The van der Waals surface area contributed by atoms with E-state index in [1.165, 1.54) is 0 Å². The van der Waals surface area contributed by atoms with Gasteiger partial charge >= 0.3 is 0 Å². The molecule has 0 atom stereocenters. The highest BCUT2D eigenvalue weighted by molar-refractivity contribution is 5.92. The zero-order chi connectivity index (χ0) is 25.6. The maximum absolute atomic E-state index is 12.1. The average Bonchev–Trinajstić information content (AvgIpc) is 3.35. The normalized spacial score (nSPS) is 12.3. The smallest absolute Gasteiger partial charge is 0.271 e. The predicted octanol–water partition coefficient (Wildman–Crippen LogP) is 6.23. The van der Waals surface area contributed by atoms with Crippen molar-refractivity contribution in [2.45, 2.75) is 78.2 Å². The van der Waals surface area contributed by atoms with E-state index < -0.39 is 0 Å². The summed E-state index contributed by atoms with van der Waals surface area (Å²) in [6, 6.07) is 1.91. The molecular weight excluding hydrogens is 436 g/mol. The number of aromatic nitrogens is 2. The molecule has 1 rings (SSSR count). The van der Waals surface area contributed by atoms with Gasteiger partial charge in [-0.2, -0.15) is 5.10 Å². The molecule has 0 fully saturated rings. The van der Waals surface area contributed by atoms with E-state index in [4.69, 9.17) is 0 Å². The van der Waals surface area contributed by atoms with Crippen LogP contribution in [0.1, 0.15) is 88.7 Å². The number of nitrogens with zero attached hydrogens (tertiary/aromatic N) is 2. The Labute approximate surface area is 212 Å². The van der Waals surface area contributed by atoms with Gasteiger partial charge in [-0.15, -0.1) is 0 Å². The van der Waals surface area contributed by atoms with Crippen LogP contribution in [-0.4, -0.2) is 34.7 Å². The standard InChI is InChI=1S/C29H44N4O2/c1-4-5-6-7-8-9-10-11-12-13-14-15-16-17-18-19-20-21-28(34)30-23-24-31-29(35)27-22-25-33(32-27)26(2)3/h5-6,8-9,11-12,14-15,17-18,22,25-26H,4,7,10,13,16,19-21,23-24H2,1-3H3,(H,30,34)(H,31,35)/b6-5-,9-8-,12-11-,15-14-,18-17-. The SMILES string of the molecule is CC/C=C\C/C=C\C/C=C\C/C=C\C/C=C\CCCC(=O)NCCNC(=O)c1ccn(C(C)C)n1. The lowest BCUT2D eigenvalue weighted by molar-refractivity contribution is -0.121. The van der Waals surface area contributed by atoms with Crippen molar-refractivity contribution in [3.8, 4) is 0 Å². The zero-order valence-electron chi connectivity index (χ0n) is 21.8. The fourth-order valence-electron chi connectivity index (χ4n) is 3.05. The molecule has 1 aromatic rings. The minimum Gasteiger partial charge on any atom is -0.354 e. The fraction of sp³-hybridized carbons (Fsp3) is 0.483. The molecule has 6 heteroatoms. The van der Waals surface area contributed by atoms with Gasteiger partial charge in [-0.3, -0.25) is 14.3 Å². The molecule has 2 amide bonds. The van der Waals surface area contributed by atoms with Crippen molar-refractivity contribution < 1.29 is 9.59 Å². The molecule has 0 aliphatic heterocycles. The lowest BCUT2D eigenvalue weighted by atomic mass is 10.2. The number of carbonyl (C=O) groups excluding carboxylic acids is 2. The molecule has 0 aliphatic rings. The number of rotatable bonds is 18. The highest BCUT2D eigenvalue weighted by atomic mass is 16.2. The summed E-state index contributed by atoms with van der Waals surface area (Å²) in [7, 11) is 0. The third kappa shape index (κ3) is 16.2. The second-order valence-corrected chi connectivity index (χ2v) is 8.48. The van der Waals surface area contributed by atoms with Crippen LogP contribution in [0.4, 0.5) is 0 Å². The van der Waals surface area contributed by atoms with Crippen LogP contribution in [0.25, 0.3) is 0 Å². The van der Waals surface area contributed by atoms with Crippen molar-refractivity contribution in [2.24, 2.45) is 0 Å². The molecule has 0 spiro atoms. The number of unbranched alkanes of at least 4 members (excludes halogenated alkanes) is 1. The van der Waals surface area contributed by atoms with Gasteiger partial charge in [0, 0.05) is 31.7 Å². The lowest BCUT2D eigenvalue weighted by Crippen LogP contribution is -2.34. The Morgan fingerprint density at radius 2 is 1.40 bits per heavy atom. The summed E-state index contributed by atoms with van der Waals surface area (Å²) in [4.78, 5) is 24.0. The summed E-state index contributed by atoms with van der Waals surface area (Å²) < 4.78 is 1.74. The van der Waals surface area contributed by atoms with Crippen LogP contribution in [0.5, 0.6) is 0 Å². The molecule has 35 heavy (non-hydrogen) atoms. The molecule has 192 valence electrons. The Bertz CT molecular complexity index is 860. The van der Waals surface area contributed by atoms with Gasteiger partial charge in [-0.1, -0.05) is 67.7 Å². The molecule has 0 saturated heterocycles. The lowest BCUT2D eigenvalue weighted by Gasteiger charge is -2.06. The van der Waals surface area contributed by atoms with E-state index in [-0.39, 0.29) is 17.9 Å². The molecule has 0 aromatic carbocycles. The van der Waals surface area contributed by atoms with E-state index in [2.05, 4.69) is 83.4 Å². The van der Waals surface area contributed by atoms with Gasteiger partial charge in [0.15, 0.2) is 0 Å².